The molecule has 2 nitrogen and oxygen atoms in total. The molecular weight excluding hydrogens is 258 g/mol. The molecule has 0 saturated carbocycles. The third kappa shape index (κ3) is 3.64. The van der Waals surface area contributed by atoms with Gasteiger partial charge in [-0.25, -0.2) is 0 Å². The molecule has 0 saturated heterocycles. The maximum absolute atomic E-state index is 6.05. The fraction of sp³-hybridized carbons (Fsp3) is 0.368. The van der Waals surface area contributed by atoms with E-state index in [4.69, 9.17) is 4.74 Å². The molecule has 2 heteroatoms. The second-order valence-electron chi connectivity index (χ2n) is 5.71. The molecule has 0 aliphatic heterocycles. The van der Waals surface area contributed by atoms with Crippen LogP contribution in [0.5, 0.6) is 5.75 Å². The van der Waals surface area contributed by atoms with Crippen molar-refractivity contribution in [3.8, 4) is 5.75 Å². The highest BCUT2D eigenvalue weighted by atomic mass is 16.5. The molecule has 0 fully saturated rings. The second-order valence-corrected chi connectivity index (χ2v) is 5.71. The Bertz CT molecular complexity index is 619. The third-order valence-corrected chi connectivity index (χ3v) is 4.11. The molecule has 0 radical (unpaired) electrons. The smallest absolute Gasteiger partial charge is 0.122 e. The van der Waals surface area contributed by atoms with Crippen molar-refractivity contribution in [2.45, 2.75) is 33.7 Å². The van der Waals surface area contributed by atoms with Gasteiger partial charge in [-0.1, -0.05) is 35.9 Å². The quantitative estimate of drug-likeness (QED) is 0.885. The molecule has 0 amide bonds. The molecule has 2 aromatic rings. The molecule has 1 unspecified atom stereocenters. The van der Waals surface area contributed by atoms with Crippen LogP contribution in [0.2, 0.25) is 0 Å². The topological polar surface area (TPSA) is 21.3 Å². The van der Waals surface area contributed by atoms with Crippen molar-refractivity contribution in [3.05, 3.63) is 64.2 Å². The summed E-state index contributed by atoms with van der Waals surface area (Å²) < 4.78 is 6.05. The van der Waals surface area contributed by atoms with E-state index in [2.05, 4.69) is 57.3 Å². The summed E-state index contributed by atoms with van der Waals surface area (Å²) in [5, 5.41) is 3.36. The fourth-order valence-electron chi connectivity index (χ4n) is 2.60. The van der Waals surface area contributed by atoms with Gasteiger partial charge in [0.05, 0.1) is 6.04 Å². The number of ether oxygens (including phenoxy) is 1. The summed E-state index contributed by atoms with van der Waals surface area (Å²) in [5.41, 5.74) is 6.38. The minimum Gasteiger partial charge on any atom is -0.491 e. The van der Waals surface area contributed by atoms with Gasteiger partial charge in [0.25, 0.3) is 0 Å². The summed E-state index contributed by atoms with van der Waals surface area (Å²) >= 11 is 0. The highest BCUT2D eigenvalue weighted by molar-refractivity contribution is 5.38. The van der Waals surface area contributed by atoms with Gasteiger partial charge in [0.1, 0.15) is 12.4 Å². The SMILES string of the molecule is CNC(COc1cccc(C)c1C)c1ccc(C)cc1C. The summed E-state index contributed by atoms with van der Waals surface area (Å²) in [7, 11) is 1.98. The van der Waals surface area contributed by atoms with Crippen molar-refractivity contribution in [2.75, 3.05) is 13.7 Å². The van der Waals surface area contributed by atoms with E-state index in [1.54, 1.807) is 0 Å². The third-order valence-electron chi connectivity index (χ3n) is 4.11. The van der Waals surface area contributed by atoms with Crippen LogP contribution in [-0.4, -0.2) is 13.7 Å². The van der Waals surface area contributed by atoms with E-state index in [1.165, 1.54) is 27.8 Å². The van der Waals surface area contributed by atoms with Crippen molar-refractivity contribution in [3.63, 3.8) is 0 Å². The van der Waals surface area contributed by atoms with Crippen LogP contribution in [0.4, 0.5) is 0 Å². The number of rotatable bonds is 5. The Labute approximate surface area is 128 Å². The molecule has 0 heterocycles. The van der Waals surface area contributed by atoms with Gasteiger partial charge >= 0.3 is 0 Å². The molecule has 0 spiro atoms. The summed E-state index contributed by atoms with van der Waals surface area (Å²) in [5.74, 6) is 0.972. The monoisotopic (exact) mass is 283 g/mol. The number of aryl methyl sites for hydroxylation is 3. The van der Waals surface area contributed by atoms with E-state index < -0.39 is 0 Å². The highest BCUT2D eigenvalue weighted by Gasteiger charge is 2.13. The Morgan fingerprint density at radius 1 is 1.00 bits per heavy atom. The van der Waals surface area contributed by atoms with E-state index in [-0.39, 0.29) is 6.04 Å². The molecule has 0 aliphatic rings. The predicted molar refractivity (Wildman–Crippen MR) is 89.1 cm³/mol. The summed E-state index contributed by atoms with van der Waals surface area (Å²) in [6, 6.07) is 13.0. The van der Waals surface area contributed by atoms with E-state index in [9.17, 15) is 0 Å². The Hall–Kier alpha value is -1.80. The van der Waals surface area contributed by atoms with Gasteiger partial charge in [0.2, 0.25) is 0 Å². The van der Waals surface area contributed by atoms with Crippen LogP contribution < -0.4 is 10.1 Å². The molecular formula is C19H25NO. The minimum absolute atomic E-state index is 0.200. The second kappa shape index (κ2) is 6.77. The number of benzene rings is 2. The lowest BCUT2D eigenvalue weighted by molar-refractivity contribution is 0.271. The summed E-state index contributed by atoms with van der Waals surface area (Å²) in [6.07, 6.45) is 0. The largest absolute Gasteiger partial charge is 0.491 e. The van der Waals surface area contributed by atoms with E-state index in [1.807, 2.05) is 19.2 Å². The average molecular weight is 283 g/mol. The van der Waals surface area contributed by atoms with Crippen molar-refractivity contribution in [1.29, 1.82) is 0 Å². The minimum atomic E-state index is 0.200. The first-order valence-electron chi connectivity index (χ1n) is 7.46. The van der Waals surface area contributed by atoms with Gasteiger partial charge < -0.3 is 10.1 Å². The molecule has 2 rings (SSSR count). The van der Waals surface area contributed by atoms with Crippen LogP contribution in [0.3, 0.4) is 0 Å². The molecule has 112 valence electrons. The van der Waals surface area contributed by atoms with E-state index in [0.29, 0.717) is 6.61 Å². The zero-order chi connectivity index (χ0) is 15.4. The van der Waals surface area contributed by atoms with E-state index >= 15 is 0 Å². The van der Waals surface area contributed by atoms with Gasteiger partial charge in [0, 0.05) is 0 Å². The van der Waals surface area contributed by atoms with Crippen LogP contribution in [-0.2, 0) is 0 Å². The molecule has 2 aromatic carbocycles. The fourth-order valence-corrected chi connectivity index (χ4v) is 2.60. The lowest BCUT2D eigenvalue weighted by atomic mass is 10.00. The summed E-state index contributed by atoms with van der Waals surface area (Å²) in [6.45, 7) is 9.13. The number of hydrogen-bond acceptors (Lipinski definition) is 2. The Kier molecular flexibility index (Phi) is 5.03. The molecule has 21 heavy (non-hydrogen) atoms. The van der Waals surface area contributed by atoms with Gasteiger partial charge in [0.15, 0.2) is 0 Å². The normalized spacial score (nSPS) is 12.2. The maximum atomic E-state index is 6.05. The van der Waals surface area contributed by atoms with E-state index in [0.717, 1.165) is 5.75 Å². The highest BCUT2D eigenvalue weighted by Crippen LogP contribution is 2.24. The first-order chi connectivity index (χ1) is 10.0. The van der Waals surface area contributed by atoms with Gasteiger partial charge in [-0.05, 0) is 63.1 Å². The predicted octanol–water partition coefficient (Wildman–Crippen LogP) is 4.26. The number of hydrogen-bond donors (Lipinski definition) is 1. The van der Waals surface area contributed by atoms with Crippen LogP contribution in [0.15, 0.2) is 36.4 Å². The molecule has 1 N–H and O–H groups in total. The molecule has 0 aromatic heterocycles. The van der Waals surface area contributed by atoms with Crippen LogP contribution >= 0.6 is 0 Å². The van der Waals surface area contributed by atoms with Crippen LogP contribution in [0.25, 0.3) is 0 Å². The van der Waals surface area contributed by atoms with Crippen molar-refractivity contribution < 1.29 is 4.74 Å². The Morgan fingerprint density at radius 3 is 2.43 bits per heavy atom. The molecule has 0 aliphatic carbocycles. The summed E-state index contributed by atoms with van der Waals surface area (Å²) in [4.78, 5) is 0. The number of nitrogens with one attached hydrogen (secondary N) is 1. The first kappa shape index (κ1) is 15.6. The van der Waals surface area contributed by atoms with Crippen LogP contribution in [0.1, 0.15) is 33.9 Å². The Morgan fingerprint density at radius 2 is 1.76 bits per heavy atom. The average Bonchev–Trinajstić information content (AvgIpc) is 2.45. The first-order valence-corrected chi connectivity index (χ1v) is 7.46. The number of likely N-dealkylation sites (N-methyl/N-ethyl adjacent to an activating group) is 1. The zero-order valence-corrected chi connectivity index (χ0v) is 13.7. The molecule has 0 bridgehead atoms. The van der Waals surface area contributed by atoms with Crippen LogP contribution in [0, 0.1) is 27.7 Å². The van der Waals surface area contributed by atoms with Gasteiger partial charge in [-0.3, -0.25) is 0 Å². The lowest BCUT2D eigenvalue weighted by Crippen LogP contribution is -2.24. The molecule has 1 atom stereocenters. The van der Waals surface area contributed by atoms with Crippen molar-refractivity contribution >= 4 is 0 Å². The standard InChI is InChI=1S/C19H25NO/c1-13-9-10-17(15(3)11-13)18(20-5)12-21-19-8-6-7-14(2)16(19)4/h6-11,18,20H,12H2,1-5H3. The zero-order valence-electron chi connectivity index (χ0n) is 13.7. The van der Waals surface area contributed by atoms with Gasteiger partial charge in [-0.2, -0.15) is 0 Å². The van der Waals surface area contributed by atoms with Gasteiger partial charge in [-0.15, -0.1) is 0 Å². The van der Waals surface area contributed by atoms with Crippen molar-refractivity contribution in [2.24, 2.45) is 0 Å². The Balaban J connectivity index is 2.14. The lowest BCUT2D eigenvalue weighted by Gasteiger charge is -2.21. The van der Waals surface area contributed by atoms with Crippen molar-refractivity contribution in [1.82, 2.24) is 5.32 Å². The maximum Gasteiger partial charge on any atom is 0.122 e.